The Kier molecular flexibility index (Phi) is 4.67. The van der Waals surface area contributed by atoms with Crippen LogP contribution in [0.25, 0.3) is 56.6 Å². The van der Waals surface area contributed by atoms with Crippen LogP contribution < -0.4 is 0 Å². The van der Waals surface area contributed by atoms with Crippen LogP contribution in [0.3, 0.4) is 0 Å². The third-order valence-corrected chi connectivity index (χ3v) is 6.29. The van der Waals surface area contributed by atoms with Gasteiger partial charge in [0.25, 0.3) is 0 Å². The zero-order chi connectivity index (χ0) is 23.9. The number of benzene rings is 1. The highest BCUT2D eigenvalue weighted by molar-refractivity contribution is 5.82. The minimum absolute atomic E-state index is 0.850. The van der Waals surface area contributed by atoms with Crippen molar-refractivity contribution in [3.05, 3.63) is 122 Å². The molecule has 0 saturated carbocycles. The Labute approximate surface area is 207 Å². The van der Waals surface area contributed by atoms with Crippen molar-refractivity contribution in [2.45, 2.75) is 0 Å². The monoisotopic (exact) mass is 464 g/mol. The first-order valence-electron chi connectivity index (χ1n) is 11.7. The summed E-state index contributed by atoms with van der Waals surface area (Å²) in [5.74, 6) is 1.72. The summed E-state index contributed by atoms with van der Waals surface area (Å²) in [5, 5.41) is 0. The van der Waals surface area contributed by atoms with E-state index in [1.54, 1.807) is 12.4 Å². The molecule has 0 aliphatic heterocycles. The van der Waals surface area contributed by atoms with Crippen LogP contribution in [0.4, 0.5) is 0 Å². The van der Waals surface area contributed by atoms with Crippen molar-refractivity contribution < 1.29 is 0 Å². The summed E-state index contributed by atoms with van der Waals surface area (Å²) in [7, 11) is 0. The number of nitrogens with zero attached hydrogens (tertiary/aromatic N) is 6. The minimum Gasteiger partial charge on any atom is -0.299 e. The molecule has 36 heavy (non-hydrogen) atoms. The fourth-order valence-electron chi connectivity index (χ4n) is 4.66. The molecule has 0 spiro atoms. The van der Waals surface area contributed by atoms with Crippen LogP contribution in [0, 0.1) is 0 Å². The van der Waals surface area contributed by atoms with E-state index in [4.69, 9.17) is 9.97 Å². The largest absolute Gasteiger partial charge is 0.299 e. The van der Waals surface area contributed by atoms with Crippen LogP contribution in [0.1, 0.15) is 0 Å². The first-order valence-corrected chi connectivity index (χ1v) is 11.7. The maximum atomic E-state index is 5.04. The number of hydrogen-bond donors (Lipinski definition) is 0. The highest BCUT2D eigenvalue weighted by atomic mass is 15.0. The van der Waals surface area contributed by atoms with Crippen LogP contribution in [0.2, 0.25) is 0 Å². The Morgan fingerprint density at radius 3 is 1.44 bits per heavy atom. The lowest BCUT2D eigenvalue weighted by atomic mass is 10.1. The molecule has 170 valence electrons. The van der Waals surface area contributed by atoms with Gasteiger partial charge in [0, 0.05) is 35.9 Å². The van der Waals surface area contributed by atoms with E-state index in [-0.39, 0.29) is 0 Å². The van der Waals surface area contributed by atoms with Crippen molar-refractivity contribution in [1.82, 2.24) is 28.7 Å². The Morgan fingerprint density at radius 2 is 0.972 bits per heavy atom. The second-order valence-electron chi connectivity index (χ2n) is 8.49. The molecule has 6 heteroatoms. The number of imidazole rings is 2. The topological polar surface area (TPSA) is 60.4 Å². The molecule has 0 radical (unpaired) electrons. The Balaban J connectivity index is 1.41. The van der Waals surface area contributed by atoms with Crippen LogP contribution >= 0.6 is 0 Å². The molecule has 0 saturated heterocycles. The van der Waals surface area contributed by atoms with Gasteiger partial charge < -0.3 is 0 Å². The quantitative estimate of drug-likeness (QED) is 0.301. The van der Waals surface area contributed by atoms with Crippen LogP contribution in [-0.2, 0) is 0 Å². The summed E-state index contributed by atoms with van der Waals surface area (Å²) in [6.45, 7) is 0. The van der Waals surface area contributed by atoms with Gasteiger partial charge in [0.05, 0.1) is 22.4 Å². The number of hydrogen-bond acceptors (Lipinski definition) is 4. The first-order chi connectivity index (χ1) is 17.9. The van der Waals surface area contributed by atoms with Gasteiger partial charge in [-0.2, -0.15) is 0 Å². The second-order valence-corrected chi connectivity index (χ2v) is 8.49. The fourth-order valence-corrected chi connectivity index (χ4v) is 4.66. The van der Waals surface area contributed by atoms with Gasteiger partial charge in [0.2, 0.25) is 0 Å². The zero-order valence-corrected chi connectivity index (χ0v) is 19.2. The van der Waals surface area contributed by atoms with Gasteiger partial charge in [-0.1, -0.05) is 42.5 Å². The summed E-state index contributed by atoms with van der Waals surface area (Å²) in [6, 6.07) is 32.4. The molecular weight excluding hydrogens is 444 g/mol. The number of rotatable bonds is 4. The lowest BCUT2D eigenvalue weighted by molar-refractivity contribution is 1.15. The molecule has 0 fully saturated rings. The molecule has 6 aromatic heterocycles. The molecule has 0 amide bonds. The Hall–Kier alpha value is -5.10. The van der Waals surface area contributed by atoms with Crippen molar-refractivity contribution in [3.63, 3.8) is 0 Å². The number of fused-ring (bicyclic) bond motifs is 2. The highest BCUT2D eigenvalue weighted by Crippen LogP contribution is 2.33. The van der Waals surface area contributed by atoms with E-state index >= 15 is 0 Å². The SMILES string of the molecule is c1ccc(-c2nc(-c3cccc(-c4nc(-c5ccccn5)c5ccccn45)c3)n3ccccc23)nc1. The third-order valence-electron chi connectivity index (χ3n) is 6.29. The van der Waals surface area contributed by atoms with Gasteiger partial charge >= 0.3 is 0 Å². The summed E-state index contributed by atoms with van der Waals surface area (Å²) < 4.78 is 4.23. The average molecular weight is 465 g/mol. The molecule has 6 heterocycles. The van der Waals surface area contributed by atoms with E-state index in [9.17, 15) is 0 Å². The molecule has 0 aliphatic carbocycles. The molecule has 0 bridgehead atoms. The lowest BCUT2D eigenvalue weighted by Crippen LogP contribution is -1.91. The van der Waals surface area contributed by atoms with Crippen LogP contribution in [0.15, 0.2) is 122 Å². The molecule has 7 rings (SSSR count). The Bertz CT molecular complexity index is 1700. The normalized spacial score (nSPS) is 11.3. The summed E-state index contributed by atoms with van der Waals surface area (Å²) in [5.41, 5.74) is 7.46. The van der Waals surface area contributed by atoms with E-state index in [2.05, 4.69) is 55.2 Å². The fraction of sp³-hybridized carbons (Fsp3) is 0. The van der Waals surface area contributed by atoms with Gasteiger partial charge in [0.15, 0.2) is 0 Å². The van der Waals surface area contributed by atoms with E-state index in [1.807, 2.05) is 73.1 Å². The Morgan fingerprint density at radius 1 is 0.472 bits per heavy atom. The smallest absolute Gasteiger partial charge is 0.145 e. The second kappa shape index (κ2) is 8.29. The van der Waals surface area contributed by atoms with E-state index in [1.165, 1.54) is 0 Å². The van der Waals surface area contributed by atoms with Gasteiger partial charge in [-0.25, -0.2) is 9.97 Å². The molecule has 7 aromatic rings. The van der Waals surface area contributed by atoms with E-state index < -0.39 is 0 Å². The third kappa shape index (κ3) is 3.27. The van der Waals surface area contributed by atoms with Crippen molar-refractivity contribution in [2.24, 2.45) is 0 Å². The predicted molar refractivity (Wildman–Crippen MR) is 141 cm³/mol. The van der Waals surface area contributed by atoms with Gasteiger partial charge in [-0.05, 0) is 54.6 Å². The summed E-state index contributed by atoms with van der Waals surface area (Å²) in [4.78, 5) is 19.2. The molecule has 0 aliphatic rings. The average Bonchev–Trinajstić information content (AvgIpc) is 3.54. The van der Waals surface area contributed by atoms with Gasteiger partial charge in [0.1, 0.15) is 23.0 Å². The van der Waals surface area contributed by atoms with E-state index in [0.717, 1.165) is 56.6 Å². The summed E-state index contributed by atoms with van der Waals surface area (Å²) in [6.07, 6.45) is 7.68. The molecule has 0 unspecified atom stereocenters. The number of pyridine rings is 4. The summed E-state index contributed by atoms with van der Waals surface area (Å²) >= 11 is 0. The molecular formula is C30H20N6. The molecule has 0 N–H and O–H groups in total. The lowest BCUT2D eigenvalue weighted by Gasteiger charge is -2.05. The number of aromatic nitrogens is 6. The molecule has 6 nitrogen and oxygen atoms in total. The first kappa shape index (κ1) is 20.3. The standard InChI is InChI=1S/C30H20N6/c1-5-16-31-23(12-1)27-25-14-3-7-18-35(25)29(33-27)21-10-9-11-22(20-21)30-34-28(24-13-2-6-17-32-24)26-15-4-8-19-36(26)30/h1-20H. The van der Waals surface area contributed by atoms with Crippen molar-refractivity contribution in [2.75, 3.05) is 0 Å². The van der Waals surface area contributed by atoms with Gasteiger partial charge in [-0.3, -0.25) is 18.8 Å². The molecule has 0 atom stereocenters. The highest BCUT2D eigenvalue weighted by Gasteiger charge is 2.18. The maximum absolute atomic E-state index is 5.04. The van der Waals surface area contributed by atoms with Crippen molar-refractivity contribution in [3.8, 4) is 45.6 Å². The maximum Gasteiger partial charge on any atom is 0.145 e. The van der Waals surface area contributed by atoms with Crippen molar-refractivity contribution >= 4 is 11.0 Å². The van der Waals surface area contributed by atoms with Crippen LogP contribution in [0.5, 0.6) is 0 Å². The van der Waals surface area contributed by atoms with Crippen LogP contribution in [-0.4, -0.2) is 28.7 Å². The minimum atomic E-state index is 0.850. The predicted octanol–water partition coefficient (Wildman–Crippen LogP) is 6.44. The zero-order valence-electron chi connectivity index (χ0n) is 19.2. The molecule has 1 aromatic carbocycles. The van der Waals surface area contributed by atoms with Crippen molar-refractivity contribution in [1.29, 1.82) is 0 Å². The van der Waals surface area contributed by atoms with E-state index in [0.29, 0.717) is 0 Å². The van der Waals surface area contributed by atoms with Gasteiger partial charge in [-0.15, -0.1) is 0 Å².